The van der Waals surface area contributed by atoms with Gasteiger partial charge in [-0.2, -0.15) is 13.8 Å². The van der Waals surface area contributed by atoms with Gasteiger partial charge in [0.05, 0.1) is 6.04 Å². The Morgan fingerprint density at radius 2 is 1.94 bits per heavy atom. The minimum atomic E-state index is -2.89. The fraction of sp³-hybridized carbons (Fsp3) is 0.500. The van der Waals surface area contributed by atoms with Crippen molar-refractivity contribution < 1.29 is 26.7 Å². The first-order valence-electron chi connectivity index (χ1n) is 9.99. The largest absolute Gasteiger partial charge is 0.334 e. The van der Waals surface area contributed by atoms with Gasteiger partial charge in [0, 0.05) is 42.6 Å². The van der Waals surface area contributed by atoms with Crippen LogP contribution in [0.25, 0.3) is 0 Å². The number of halogens is 3. The van der Waals surface area contributed by atoms with E-state index in [4.69, 9.17) is 0 Å². The second kappa shape index (κ2) is 8.52. The number of piperazine rings is 1. The molecule has 0 N–H and O–H groups in total. The predicted molar refractivity (Wildman–Crippen MR) is 110 cm³/mol. The molecule has 0 saturated carbocycles. The van der Waals surface area contributed by atoms with Crippen LogP contribution in [0.2, 0.25) is 0 Å². The second-order valence-corrected chi connectivity index (χ2v) is 10.6. The zero-order valence-electron chi connectivity index (χ0n) is 16.8. The summed E-state index contributed by atoms with van der Waals surface area (Å²) < 4.78 is 57.1. The van der Waals surface area contributed by atoms with Gasteiger partial charge in [0.15, 0.2) is 0 Å². The van der Waals surface area contributed by atoms with Gasteiger partial charge in [-0.3, -0.25) is 9.00 Å². The van der Waals surface area contributed by atoms with Gasteiger partial charge in [-0.25, -0.2) is 4.39 Å². The summed E-state index contributed by atoms with van der Waals surface area (Å²) in [4.78, 5) is 20.3. The maximum atomic E-state index is 14.6. The third-order valence-corrected chi connectivity index (χ3v) is 7.81. The van der Waals surface area contributed by atoms with E-state index in [0.717, 1.165) is 0 Å². The topological polar surface area (TPSA) is 79.5 Å². The summed E-state index contributed by atoms with van der Waals surface area (Å²) in [5, 5.41) is 3.61. The summed E-state index contributed by atoms with van der Waals surface area (Å²) in [5.41, 5.74) is 0.329. The van der Waals surface area contributed by atoms with Crippen molar-refractivity contribution in [1.82, 2.24) is 15.0 Å². The van der Waals surface area contributed by atoms with E-state index in [1.165, 1.54) is 6.07 Å². The van der Waals surface area contributed by atoms with Gasteiger partial charge in [-0.1, -0.05) is 18.2 Å². The lowest BCUT2D eigenvalue weighted by Crippen LogP contribution is -2.53. The van der Waals surface area contributed by atoms with Crippen LogP contribution in [-0.2, 0) is 14.3 Å². The molecule has 2 aromatic rings. The molecular formula is C20H23F3N4O3S. The van der Waals surface area contributed by atoms with E-state index in [-0.39, 0.29) is 37.4 Å². The van der Waals surface area contributed by atoms with Crippen LogP contribution in [0.5, 0.6) is 0 Å². The van der Waals surface area contributed by atoms with E-state index in [1.807, 2.05) is 0 Å². The minimum Gasteiger partial charge on any atom is -0.334 e. The minimum absolute atomic E-state index is 0.0156. The second-order valence-electron chi connectivity index (χ2n) is 7.90. The quantitative estimate of drug-likeness (QED) is 0.659. The van der Waals surface area contributed by atoms with Gasteiger partial charge >= 0.3 is 6.43 Å². The summed E-state index contributed by atoms with van der Waals surface area (Å²) in [6.45, 7) is 0.665. The maximum absolute atomic E-state index is 14.6. The molecule has 7 nitrogen and oxygen atoms in total. The Balaban J connectivity index is 1.59. The van der Waals surface area contributed by atoms with E-state index in [9.17, 15) is 22.2 Å². The van der Waals surface area contributed by atoms with Gasteiger partial charge in [0.2, 0.25) is 5.91 Å². The molecule has 1 aromatic carbocycles. The molecule has 0 radical (unpaired) electrons. The molecule has 0 bridgehead atoms. The first kappa shape index (κ1) is 21.7. The fourth-order valence-corrected chi connectivity index (χ4v) is 5.76. The van der Waals surface area contributed by atoms with Gasteiger partial charge in [-0.15, -0.1) is 0 Å². The molecule has 0 aliphatic carbocycles. The molecular weight excluding hydrogens is 433 g/mol. The summed E-state index contributed by atoms with van der Waals surface area (Å²) in [6, 6.07) is 5.52. The number of amides is 1. The molecule has 1 atom stereocenters. The molecule has 1 unspecified atom stereocenters. The van der Waals surface area contributed by atoms with Crippen molar-refractivity contribution in [2.45, 2.75) is 25.3 Å². The molecule has 1 amide bonds. The van der Waals surface area contributed by atoms with E-state index in [1.54, 1.807) is 28.0 Å². The standard InChI is InChI=1S/C20H23F3N4O3S/c1-31(29)10-6-13(7-11-31)19(28)27-9-8-26(20-24-18(17(22)23)30-25-20)12-16(27)14-4-2-3-5-15(14)21/h2-5,13,16-17H,1,6-12H2. The molecule has 168 valence electrons. The van der Waals surface area contributed by atoms with Crippen molar-refractivity contribution >= 4 is 27.2 Å². The van der Waals surface area contributed by atoms with Crippen LogP contribution in [0.3, 0.4) is 0 Å². The van der Waals surface area contributed by atoms with Gasteiger partial charge < -0.3 is 14.3 Å². The highest BCUT2D eigenvalue weighted by atomic mass is 32.2. The van der Waals surface area contributed by atoms with E-state index in [0.29, 0.717) is 29.9 Å². The lowest BCUT2D eigenvalue weighted by atomic mass is 9.96. The van der Waals surface area contributed by atoms with Crippen LogP contribution in [0.15, 0.2) is 28.8 Å². The zero-order valence-corrected chi connectivity index (χ0v) is 17.6. The average molecular weight is 456 g/mol. The molecule has 2 aliphatic rings. The predicted octanol–water partition coefficient (Wildman–Crippen LogP) is 2.66. The fourth-order valence-electron chi connectivity index (χ4n) is 4.13. The van der Waals surface area contributed by atoms with Crippen LogP contribution >= 0.6 is 0 Å². The first-order chi connectivity index (χ1) is 14.7. The Morgan fingerprint density at radius 3 is 2.58 bits per heavy atom. The monoisotopic (exact) mass is 456 g/mol. The van der Waals surface area contributed by atoms with Crippen LogP contribution < -0.4 is 4.90 Å². The van der Waals surface area contributed by atoms with Gasteiger partial charge in [-0.05, 0) is 39.5 Å². The van der Waals surface area contributed by atoms with Crippen LogP contribution in [-0.4, -0.2) is 62.2 Å². The first-order valence-corrected chi connectivity index (χ1v) is 12.1. The highest BCUT2D eigenvalue weighted by Crippen LogP contribution is 2.33. The number of nitrogens with zero attached hydrogens (tertiary/aromatic N) is 4. The number of anilines is 1. The van der Waals surface area contributed by atoms with Crippen molar-refractivity contribution in [1.29, 1.82) is 0 Å². The third-order valence-electron chi connectivity index (χ3n) is 5.85. The summed E-state index contributed by atoms with van der Waals surface area (Å²) in [5.74, 6) is 2.85. The number of benzene rings is 1. The van der Waals surface area contributed by atoms with E-state index >= 15 is 0 Å². The van der Waals surface area contributed by atoms with Crippen LogP contribution in [0.4, 0.5) is 19.1 Å². The number of hydrogen-bond acceptors (Lipinski definition) is 6. The van der Waals surface area contributed by atoms with Crippen molar-refractivity contribution in [2.24, 2.45) is 5.92 Å². The molecule has 3 heterocycles. The number of alkyl halides is 2. The normalized spacial score (nSPS) is 27.0. The van der Waals surface area contributed by atoms with Crippen molar-refractivity contribution in [3.05, 3.63) is 41.5 Å². The number of aromatic nitrogens is 2. The molecule has 4 rings (SSSR count). The van der Waals surface area contributed by atoms with Crippen molar-refractivity contribution in [2.75, 3.05) is 36.0 Å². The van der Waals surface area contributed by atoms with Gasteiger partial charge in [0.25, 0.3) is 11.8 Å². The Morgan fingerprint density at radius 1 is 1.23 bits per heavy atom. The van der Waals surface area contributed by atoms with E-state index < -0.39 is 33.7 Å². The van der Waals surface area contributed by atoms with E-state index in [2.05, 4.69) is 20.5 Å². The highest BCUT2D eigenvalue weighted by Gasteiger charge is 2.38. The summed E-state index contributed by atoms with van der Waals surface area (Å²) in [7, 11) is -2.13. The molecule has 0 spiro atoms. The smallest absolute Gasteiger partial charge is 0.316 e. The maximum Gasteiger partial charge on any atom is 0.316 e. The Labute approximate surface area is 178 Å². The lowest BCUT2D eigenvalue weighted by Gasteiger charge is -2.43. The average Bonchev–Trinajstić information content (AvgIpc) is 3.24. The Kier molecular flexibility index (Phi) is 5.96. The number of carbonyl (C=O) groups is 1. The Bertz CT molecular complexity index is 1050. The zero-order chi connectivity index (χ0) is 22.2. The molecule has 2 saturated heterocycles. The van der Waals surface area contributed by atoms with Crippen LogP contribution in [0, 0.1) is 11.7 Å². The van der Waals surface area contributed by atoms with Crippen LogP contribution in [0.1, 0.15) is 36.8 Å². The van der Waals surface area contributed by atoms with Crippen molar-refractivity contribution in [3.63, 3.8) is 0 Å². The molecule has 11 heteroatoms. The van der Waals surface area contributed by atoms with Gasteiger partial charge in [0.1, 0.15) is 5.82 Å². The molecule has 1 aromatic heterocycles. The number of rotatable bonds is 4. The number of carbonyl (C=O) groups excluding carboxylic acids is 1. The molecule has 31 heavy (non-hydrogen) atoms. The summed E-state index contributed by atoms with van der Waals surface area (Å²) >= 11 is 0. The summed E-state index contributed by atoms with van der Waals surface area (Å²) in [6.07, 6.45) is -1.93. The SMILES string of the molecule is C=S1(=O)CCC(C(=O)N2CCN(c3noc(C(F)F)n3)CC2c2ccccc2F)CC1. The highest BCUT2D eigenvalue weighted by molar-refractivity contribution is 8.00. The third kappa shape index (κ3) is 4.56. The number of hydrogen-bond donors (Lipinski definition) is 0. The molecule has 2 fully saturated rings. The lowest BCUT2D eigenvalue weighted by molar-refractivity contribution is -0.138. The van der Waals surface area contributed by atoms with Crippen molar-refractivity contribution in [3.8, 4) is 0 Å². The Hall–Kier alpha value is -2.56. The molecule has 2 aliphatic heterocycles.